The highest BCUT2D eigenvalue weighted by atomic mass is 16.5. The highest BCUT2D eigenvalue weighted by Crippen LogP contribution is 2.09. The summed E-state index contributed by atoms with van der Waals surface area (Å²) in [6, 6.07) is 6.79. The monoisotopic (exact) mass is 222 g/mol. The predicted octanol–water partition coefficient (Wildman–Crippen LogP) is 0.760. The molecule has 0 heterocycles. The lowest BCUT2D eigenvalue weighted by molar-refractivity contribution is -0.140. The van der Waals surface area contributed by atoms with E-state index in [2.05, 4.69) is 10.1 Å². The van der Waals surface area contributed by atoms with E-state index in [0.717, 1.165) is 5.69 Å². The quantitative estimate of drug-likeness (QED) is 0.721. The number of methoxy groups -OCH3 is 1. The van der Waals surface area contributed by atoms with Crippen LogP contribution in [0, 0.1) is 0 Å². The highest BCUT2D eigenvalue weighted by Gasteiger charge is 2.02. The van der Waals surface area contributed by atoms with E-state index >= 15 is 0 Å². The number of carbonyl (C=O) groups is 2. The minimum absolute atomic E-state index is 0.275. The van der Waals surface area contributed by atoms with Gasteiger partial charge in [0.2, 0.25) is 5.91 Å². The molecule has 0 fully saturated rings. The van der Waals surface area contributed by atoms with Crippen molar-refractivity contribution in [3.8, 4) is 0 Å². The molecule has 0 aliphatic heterocycles. The molecule has 1 aromatic rings. The Bertz CT molecular complexity index is 391. The molecule has 3 N–H and O–H groups in total. The van der Waals surface area contributed by atoms with Crippen molar-refractivity contribution in [2.24, 2.45) is 5.73 Å². The average molecular weight is 222 g/mol. The largest absolute Gasteiger partial charge is 0.469 e. The van der Waals surface area contributed by atoms with Gasteiger partial charge in [0.1, 0.15) is 0 Å². The summed E-state index contributed by atoms with van der Waals surface area (Å²) in [5.41, 5.74) is 6.32. The van der Waals surface area contributed by atoms with Gasteiger partial charge in [0.15, 0.2) is 0 Å². The second-order valence-electron chi connectivity index (χ2n) is 3.20. The van der Waals surface area contributed by atoms with Crippen molar-refractivity contribution in [2.45, 2.75) is 6.42 Å². The Hall–Kier alpha value is -2.04. The van der Waals surface area contributed by atoms with Crippen LogP contribution in [-0.2, 0) is 9.53 Å². The first-order valence-electron chi connectivity index (χ1n) is 4.84. The van der Waals surface area contributed by atoms with Crippen LogP contribution in [0.3, 0.4) is 0 Å². The number of nitrogens with one attached hydrogen (secondary N) is 1. The third-order valence-electron chi connectivity index (χ3n) is 2.03. The number of nitrogens with two attached hydrogens (primary N) is 1. The topological polar surface area (TPSA) is 81.4 Å². The van der Waals surface area contributed by atoms with E-state index in [1.54, 1.807) is 24.3 Å². The molecule has 86 valence electrons. The van der Waals surface area contributed by atoms with Crippen molar-refractivity contribution < 1.29 is 14.3 Å². The Morgan fingerprint density at radius 2 is 2.19 bits per heavy atom. The van der Waals surface area contributed by atoms with Crippen molar-refractivity contribution in [3.05, 3.63) is 29.8 Å². The molecule has 0 saturated carbocycles. The number of ether oxygens (including phenoxy) is 1. The molecule has 1 amide bonds. The zero-order chi connectivity index (χ0) is 12.0. The molecule has 1 aromatic carbocycles. The summed E-state index contributed by atoms with van der Waals surface area (Å²) in [4.78, 5) is 21.7. The fourth-order valence-corrected chi connectivity index (χ4v) is 1.19. The lowest BCUT2D eigenvalue weighted by Crippen LogP contribution is -2.12. The molecule has 16 heavy (non-hydrogen) atoms. The maximum Gasteiger partial charge on any atom is 0.307 e. The Labute approximate surface area is 93.6 Å². The van der Waals surface area contributed by atoms with Crippen molar-refractivity contribution in [1.29, 1.82) is 0 Å². The summed E-state index contributed by atoms with van der Waals surface area (Å²) in [6.07, 6.45) is 0.275. The minimum Gasteiger partial charge on any atom is -0.469 e. The van der Waals surface area contributed by atoms with E-state index in [9.17, 15) is 9.59 Å². The van der Waals surface area contributed by atoms with Gasteiger partial charge in [0.05, 0.1) is 13.5 Å². The Morgan fingerprint density at radius 1 is 1.44 bits per heavy atom. The molecule has 0 aliphatic rings. The van der Waals surface area contributed by atoms with Gasteiger partial charge in [-0.05, 0) is 18.2 Å². The zero-order valence-electron chi connectivity index (χ0n) is 9.03. The smallest absolute Gasteiger partial charge is 0.307 e. The number of anilines is 1. The van der Waals surface area contributed by atoms with Crippen LogP contribution in [-0.4, -0.2) is 25.5 Å². The SMILES string of the molecule is COC(=O)CCNc1cccc(C(N)=O)c1. The number of carbonyl (C=O) groups excluding carboxylic acids is 2. The van der Waals surface area contributed by atoms with Gasteiger partial charge >= 0.3 is 5.97 Å². The third kappa shape index (κ3) is 3.61. The second-order valence-corrected chi connectivity index (χ2v) is 3.20. The maximum atomic E-state index is 10.9. The molecule has 0 unspecified atom stereocenters. The van der Waals surface area contributed by atoms with Crippen molar-refractivity contribution in [1.82, 2.24) is 0 Å². The molecule has 0 spiro atoms. The number of hydrogen-bond acceptors (Lipinski definition) is 4. The van der Waals surface area contributed by atoms with Crippen LogP contribution in [0.4, 0.5) is 5.69 Å². The Kier molecular flexibility index (Phi) is 4.32. The number of amides is 1. The zero-order valence-corrected chi connectivity index (χ0v) is 9.03. The standard InChI is InChI=1S/C11H14N2O3/c1-16-10(14)5-6-13-9-4-2-3-8(7-9)11(12)15/h2-4,7,13H,5-6H2,1H3,(H2,12,15). The molecule has 1 rings (SSSR count). The summed E-state index contributed by atoms with van der Waals surface area (Å²) >= 11 is 0. The van der Waals surface area contributed by atoms with E-state index in [4.69, 9.17) is 5.73 Å². The molecular weight excluding hydrogens is 208 g/mol. The van der Waals surface area contributed by atoms with Gasteiger partial charge in [0, 0.05) is 17.8 Å². The molecule has 5 nitrogen and oxygen atoms in total. The predicted molar refractivity (Wildman–Crippen MR) is 60.1 cm³/mol. The van der Waals surface area contributed by atoms with Gasteiger partial charge < -0.3 is 15.8 Å². The van der Waals surface area contributed by atoms with Crippen molar-refractivity contribution in [3.63, 3.8) is 0 Å². The highest BCUT2D eigenvalue weighted by molar-refractivity contribution is 5.93. The van der Waals surface area contributed by atoms with Crippen LogP contribution in [0.15, 0.2) is 24.3 Å². The molecule has 0 radical (unpaired) electrons. The normalized spacial score (nSPS) is 9.56. The molecule has 0 bridgehead atoms. The fourth-order valence-electron chi connectivity index (χ4n) is 1.19. The first kappa shape index (κ1) is 12.0. The number of hydrogen-bond donors (Lipinski definition) is 2. The van der Waals surface area contributed by atoms with Crippen LogP contribution in [0.1, 0.15) is 16.8 Å². The van der Waals surface area contributed by atoms with E-state index in [0.29, 0.717) is 12.1 Å². The first-order valence-corrected chi connectivity index (χ1v) is 4.84. The number of benzene rings is 1. The summed E-state index contributed by atoms with van der Waals surface area (Å²) in [6.45, 7) is 0.453. The molecule has 0 saturated heterocycles. The average Bonchev–Trinajstić information content (AvgIpc) is 2.29. The van der Waals surface area contributed by atoms with Crippen LogP contribution < -0.4 is 11.1 Å². The van der Waals surface area contributed by atoms with E-state index < -0.39 is 5.91 Å². The van der Waals surface area contributed by atoms with Crippen LogP contribution >= 0.6 is 0 Å². The summed E-state index contributed by atoms with van der Waals surface area (Å²) in [5.74, 6) is -0.754. The molecular formula is C11H14N2O3. The Morgan fingerprint density at radius 3 is 2.81 bits per heavy atom. The Balaban J connectivity index is 2.51. The fraction of sp³-hybridized carbons (Fsp3) is 0.273. The van der Waals surface area contributed by atoms with E-state index in [1.165, 1.54) is 7.11 Å². The number of esters is 1. The summed E-state index contributed by atoms with van der Waals surface area (Å²) < 4.78 is 4.50. The molecule has 0 aromatic heterocycles. The van der Waals surface area contributed by atoms with Gasteiger partial charge in [-0.2, -0.15) is 0 Å². The van der Waals surface area contributed by atoms with E-state index in [1.807, 2.05) is 0 Å². The molecule has 0 aliphatic carbocycles. The number of primary amides is 1. The third-order valence-corrected chi connectivity index (χ3v) is 2.03. The van der Waals surface area contributed by atoms with Crippen molar-refractivity contribution >= 4 is 17.6 Å². The van der Waals surface area contributed by atoms with Gasteiger partial charge in [-0.1, -0.05) is 6.07 Å². The van der Waals surface area contributed by atoms with Gasteiger partial charge in [-0.15, -0.1) is 0 Å². The van der Waals surface area contributed by atoms with Gasteiger partial charge in [-0.25, -0.2) is 0 Å². The first-order chi connectivity index (χ1) is 7.63. The van der Waals surface area contributed by atoms with E-state index in [-0.39, 0.29) is 12.4 Å². The van der Waals surface area contributed by atoms with Gasteiger partial charge in [-0.3, -0.25) is 9.59 Å². The van der Waals surface area contributed by atoms with Crippen LogP contribution in [0.5, 0.6) is 0 Å². The molecule has 0 atom stereocenters. The van der Waals surface area contributed by atoms with Crippen LogP contribution in [0.2, 0.25) is 0 Å². The lowest BCUT2D eigenvalue weighted by atomic mass is 10.2. The van der Waals surface area contributed by atoms with Crippen molar-refractivity contribution in [2.75, 3.05) is 19.0 Å². The van der Waals surface area contributed by atoms with Crippen LogP contribution in [0.25, 0.3) is 0 Å². The lowest BCUT2D eigenvalue weighted by Gasteiger charge is -2.06. The molecule has 5 heteroatoms. The summed E-state index contributed by atoms with van der Waals surface area (Å²) in [7, 11) is 1.34. The minimum atomic E-state index is -0.475. The van der Waals surface area contributed by atoms with Gasteiger partial charge in [0.25, 0.3) is 0 Å². The second kappa shape index (κ2) is 5.75. The summed E-state index contributed by atoms with van der Waals surface area (Å²) in [5, 5.41) is 3.00. The maximum absolute atomic E-state index is 10.9. The number of rotatable bonds is 5.